The van der Waals surface area contributed by atoms with Crippen LogP contribution in [0.4, 0.5) is 17.2 Å². The number of rotatable bonds is 8. The lowest BCUT2D eigenvalue weighted by Gasteiger charge is -2.45. The molecular weight excluding hydrogens is 602 g/mol. The highest BCUT2D eigenvalue weighted by Crippen LogP contribution is 2.47. The Morgan fingerprint density at radius 2 is 1.90 bits per heavy atom. The van der Waals surface area contributed by atoms with Crippen LogP contribution in [0.3, 0.4) is 0 Å². The molecule has 252 valence electrons. The summed E-state index contributed by atoms with van der Waals surface area (Å²) in [5.74, 6) is 1.17. The average Bonchev–Trinajstić information content (AvgIpc) is 3.57. The zero-order chi connectivity index (χ0) is 33.9. The van der Waals surface area contributed by atoms with Gasteiger partial charge in [0.1, 0.15) is 5.52 Å². The van der Waals surface area contributed by atoms with Crippen molar-refractivity contribution in [3.8, 4) is 11.3 Å². The maximum atomic E-state index is 14.0. The molecule has 1 saturated carbocycles. The summed E-state index contributed by atoms with van der Waals surface area (Å²) in [7, 11) is 1.64. The van der Waals surface area contributed by atoms with Gasteiger partial charge in [0, 0.05) is 60.3 Å². The number of amides is 2. The topological polar surface area (TPSA) is 113 Å². The van der Waals surface area contributed by atoms with Crippen molar-refractivity contribution in [1.29, 1.82) is 0 Å². The van der Waals surface area contributed by atoms with E-state index in [1.54, 1.807) is 7.05 Å². The molecule has 7 rings (SSSR count). The van der Waals surface area contributed by atoms with Crippen molar-refractivity contribution in [2.75, 3.05) is 30.5 Å². The smallest absolute Gasteiger partial charge is 0.251 e. The van der Waals surface area contributed by atoms with Crippen molar-refractivity contribution in [2.24, 2.45) is 5.92 Å². The molecule has 0 unspecified atom stereocenters. The first-order valence-corrected chi connectivity index (χ1v) is 17.3. The standard InChI is InChI=1S/C38H47N7O3/c1-21(2)44-20-40-32-18-31(43-35(34(32)44)42-25-10-8-22(3)28(17-25)36(46)39-7)24-9-11-29-33(14-24)45(37(47)38(29,5)6)27-15-26(16-27)41-30-12-13-48-19-23(30)4/h8-11,14,17-18,20-21,23,26-27,30,41H,12-13,15-16,19H2,1-7H3,(H,39,46)(H,42,43)/t23-,26-,27+,30+/m0/s1. The molecule has 10 heteroatoms. The van der Waals surface area contributed by atoms with E-state index in [9.17, 15) is 9.59 Å². The molecule has 1 aliphatic carbocycles. The van der Waals surface area contributed by atoms with E-state index in [0.29, 0.717) is 29.4 Å². The number of imidazole rings is 1. The number of hydrogen-bond donors (Lipinski definition) is 3. The van der Waals surface area contributed by atoms with E-state index >= 15 is 0 Å². The Kier molecular flexibility index (Phi) is 8.28. The molecule has 0 radical (unpaired) electrons. The maximum Gasteiger partial charge on any atom is 0.251 e. The summed E-state index contributed by atoms with van der Waals surface area (Å²) in [6.45, 7) is 14.1. The van der Waals surface area contributed by atoms with Gasteiger partial charge < -0.3 is 30.2 Å². The first-order chi connectivity index (χ1) is 23.0. The molecule has 4 aromatic rings. The van der Waals surface area contributed by atoms with Crippen molar-refractivity contribution in [3.63, 3.8) is 0 Å². The summed E-state index contributed by atoms with van der Waals surface area (Å²) in [6.07, 6.45) is 4.77. The summed E-state index contributed by atoms with van der Waals surface area (Å²) in [6, 6.07) is 15.3. The minimum absolute atomic E-state index is 0.137. The number of carbonyl (C=O) groups excluding carboxylic acids is 2. The van der Waals surface area contributed by atoms with Crippen LogP contribution in [0.25, 0.3) is 22.3 Å². The van der Waals surface area contributed by atoms with Crippen molar-refractivity contribution in [2.45, 2.75) is 90.4 Å². The van der Waals surface area contributed by atoms with Gasteiger partial charge in [-0.1, -0.05) is 25.1 Å². The van der Waals surface area contributed by atoms with Gasteiger partial charge in [0.05, 0.1) is 29.6 Å². The van der Waals surface area contributed by atoms with Crippen molar-refractivity contribution in [1.82, 2.24) is 25.2 Å². The molecule has 2 atom stereocenters. The number of ether oxygens (including phenoxy) is 1. The number of carbonyl (C=O) groups is 2. The summed E-state index contributed by atoms with van der Waals surface area (Å²) >= 11 is 0. The summed E-state index contributed by atoms with van der Waals surface area (Å²) < 4.78 is 7.75. The molecular formula is C38H47N7O3. The number of anilines is 3. The van der Waals surface area contributed by atoms with Gasteiger partial charge in [0.15, 0.2) is 5.82 Å². The van der Waals surface area contributed by atoms with E-state index in [1.807, 2.05) is 51.4 Å². The lowest BCUT2D eigenvalue weighted by molar-refractivity contribution is -0.123. The Bertz CT molecular complexity index is 1890. The molecule has 2 aromatic heterocycles. The highest BCUT2D eigenvalue weighted by molar-refractivity contribution is 6.09. The zero-order valence-electron chi connectivity index (χ0n) is 29.1. The van der Waals surface area contributed by atoms with Gasteiger partial charge in [0.25, 0.3) is 5.91 Å². The quantitative estimate of drug-likeness (QED) is 0.207. The van der Waals surface area contributed by atoms with Gasteiger partial charge in [-0.15, -0.1) is 0 Å². The average molecular weight is 650 g/mol. The van der Waals surface area contributed by atoms with Crippen LogP contribution in [-0.2, 0) is 14.9 Å². The third-order valence-electron chi connectivity index (χ3n) is 10.6. The summed E-state index contributed by atoms with van der Waals surface area (Å²) in [5.41, 5.74) is 7.08. The molecule has 2 fully saturated rings. The second kappa shape index (κ2) is 12.3. The van der Waals surface area contributed by atoms with E-state index in [0.717, 1.165) is 77.3 Å². The minimum atomic E-state index is -0.602. The van der Waals surface area contributed by atoms with Crippen LogP contribution in [0.15, 0.2) is 48.8 Å². The third kappa shape index (κ3) is 5.54. The number of nitrogens with zero attached hydrogens (tertiary/aromatic N) is 4. The fraction of sp³-hybridized carbons (Fsp3) is 0.474. The Morgan fingerprint density at radius 3 is 2.62 bits per heavy atom. The van der Waals surface area contributed by atoms with Crippen LogP contribution in [-0.4, -0.2) is 64.7 Å². The Labute approximate surface area is 282 Å². The number of hydrogen-bond acceptors (Lipinski definition) is 7. The molecule has 4 heterocycles. The Morgan fingerprint density at radius 1 is 1.10 bits per heavy atom. The van der Waals surface area contributed by atoms with Crippen LogP contribution in [0.5, 0.6) is 0 Å². The predicted molar refractivity (Wildman–Crippen MR) is 190 cm³/mol. The molecule has 2 aliphatic heterocycles. The van der Waals surface area contributed by atoms with Crippen molar-refractivity contribution in [3.05, 3.63) is 65.5 Å². The number of fused-ring (bicyclic) bond motifs is 2. The van der Waals surface area contributed by atoms with Crippen LogP contribution in [0.2, 0.25) is 0 Å². The van der Waals surface area contributed by atoms with E-state index in [4.69, 9.17) is 14.7 Å². The van der Waals surface area contributed by atoms with Crippen molar-refractivity contribution < 1.29 is 14.3 Å². The molecule has 1 saturated heterocycles. The fourth-order valence-corrected chi connectivity index (χ4v) is 7.57. The Balaban J connectivity index is 1.23. The highest BCUT2D eigenvalue weighted by atomic mass is 16.5. The van der Waals surface area contributed by atoms with Gasteiger partial charge in [0.2, 0.25) is 5.91 Å². The first-order valence-electron chi connectivity index (χ1n) is 17.3. The molecule has 3 aliphatic rings. The van der Waals surface area contributed by atoms with Crippen molar-refractivity contribution >= 4 is 40.0 Å². The van der Waals surface area contributed by atoms with E-state index in [2.05, 4.69) is 64.4 Å². The van der Waals surface area contributed by atoms with E-state index < -0.39 is 5.41 Å². The lowest BCUT2D eigenvalue weighted by Crippen LogP contribution is -2.58. The van der Waals surface area contributed by atoms with Crippen LogP contribution in [0.1, 0.15) is 81.4 Å². The van der Waals surface area contributed by atoms with Crippen LogP contribution in [0, 0.1) is 12.8 Å². The van der Waals surface area contributed by atoms with Gasteiger partial charge in [-0.2, -0.15) is 0 Å². The Hall–Kier alpha value is -4.28. The molecule has 3 N–H and O–H groups in total. The second-order valence-electron chi connectivity index (χ2n) is 14.7. The van der Waals surface area contributed by atoms with Crippen LogP contribution < -0.4 is 20.9 Å². The fourth-order valence-electron chi connectivity index (χ4n) is 7.57. The minimum Gasteiger partial charge on any atom is -0.381 e. The summed E-state index contributed by atoms with van der Waals surface area (Å²) in [5, 5.41) is 10.1. The van der Waals surface area contributed by atoms with Crippen LogP contribution >= 0.6 is 0 Å². The largest absolute Gasteiger partial charge is 0.381 e. The monoisotopic (exact) mass is 649 g/mol. The molecule has 2 amide bonds. The molecule has 0 spiro atoms. The third-order valence-corrected chi connectivity index (χ3v) is 10.6. The number of aryl methyl sites for hydroxylation is 1. The molecule has 0 bridgehead atoms. The van der Waals surface area contributed by atoms with Gasteiger partial charge in [-0.25, -0.2) is 9.97 Å². The van der Waals surface area contributed by atoms with E-state index in [1.165, 1.54) is 0 Å². The van der Waals surface area contributed by atoms with Gasteiger partial charge >= 0.3 is 0 Å². The van der Waals surface area contributed by atoms with Gasteiger partial charge in [-0.3, -0.25) is 9.59 Å². The predicted octanol–water partition coefficient (Wildman–Crippen LogP) is 6.26. The van der Waals surface area contributed by atoms with Gasteiger partial charge in [-0.05, 0) is 95.2 Å². The molecule has 2 aromatic carbocycles. The SMILES string of the molecule is CNC(=O)c1cc(Nc2nc(-c3ccc4c(c3)N([C@H]3C[C@@H](N[C@@H]5CCOC[C@@H]5C)C3)C(=O)C4(C)C)cc3ncn(C(C)C)c23)ccc1C. The summed E-state index contributed by atoms with van der Waals surface area (Å²) in [4.78, 5) is 38.5. The number of benzene rings is 2. The molecule has 48 heavy (non-hydrogen) atoms. The molecule has 10 nitrogen and oxygen atoms in total. The zero-order valence-corrected chi connectivity index (χ0v) is 29.1. The first kappa shape index (κ1) is 32.3. The number of aromatic nitrogens is 3. The highest BCUT2D eigenvalue weighted by Gasteiger charge is 2.49. The normalized spacial score (nSPS) is 23.3. The maximum absolute atomic E-state index is 14.0. The number of nitrogens with one attached hydrogen (secondary N) is 3. The number of pyridine rings is 1. The second-order valence-corrected chi connectivity index (χ2v) is 14.7. The lowest BCUT2D eigenvalue weighted by atomic mass is 9.83. The van der Waals surface area contributed by atoms with E-state index in [-0.39, 0.29) is 23.9 Å².